The lowest BCUT2D eigenvalue weighted by Crippen LogP contribution is -2.60. The second-order valence-electron chi connectivity index (χ2n) is 15.6. The number of nitrogens with two attached hydrogens (primary N) is 2. The summed E-state index contributed by atoms with van der Waals surface area (Å²) in [5, 5.41) is 65.5. The molecule has 1 aliphatic heterocycles. The maximum absolute atomic E-state index is 15.0. The second-order valence-corrected chi connectivity index (χ2v) is 15.6. The highest BCUT2D eigenvalue weighted by Gasteiger charge is 2.49. The van der Waals surface area contributed by atoms with Gasteiger partial charge in [0.1, 0.15) is 35.6 Å². The summed E-state index contributed by atoms with van der Waals surface area (Å²) in [7, 11) is 0. The fraction of sp³-hybridized carbons (Fsp3) is 0.348. The number of aliphatic hydroxyl groups excluding tert-OH is 5. The Hall–Kier alpha value is -5.62. The van der Waals surface area contributed by atoms with Crippen LogP contribution in [0.4, 0.5) is 0 Å². The van der Waals surface area contributed by atoms with Gasteiger partial charge in [0.15, 0.2) is 17.9 Å². The highest BCUT2D eigenvalue weighted by Crippen LogP contribution is 2.46. The number of esters is 1. The number of phenolic OH excluding ortho intramolecular Hbond substituents is 1. The van der Waals surface area contributed by atoms with Crippen molar-refractivity contribution in [2.75, 3.05) is 6.61 Å². The first kappa shape index (κ1) is 43.5. The third-order valence-electron chi connectivity index (χ3n) is 11.7. The second kappa shape index (κ2) is 18.2. The Labute approximate surface area is 350 Å². The molecule has 1 saturated heterocycles. The molecule has 15 heteroatoms. The maximum atomic E-state index is 15.0. The molecule has 15 nitrogen and oxygen atoms in total. The summed E-state index contributed by atoms with van der Waals surface area (Å²) in [6.07, 6.45) is -1.73. The molecular weight excluding hydrogens is 789 g/mol. The normalized spacial score (nSPS) is 21.5. The van der Waals surface area contributed by atoms with Gasteiger partial charge < -0.3 is 56.3 Å². The van der Waals surface area contributed by atoms with E-state index in [1.54, 1.807) is 42.5 Å². The molecule has 0 bridgehead atoms. The molecule has 1 saturated carbocycles. The minimum Gasteiger partial charge on any atom is -0.507 e. The number of carbonyl (C=O) groups is 4. The summed E-state index contributed by atoms with van der Waals surface area (Å²) in [6, 6.07) is 14.4. The van der Waals surface area contributed by atoms with Crippen LogP contribution < -0.4 is 20.9 Å². The predicted octanol–water partition coefficient (Wildman–Crippen LogP) is 2.99. The summed E-state index contributed by atoms with van der Waals surface area (Å²) in [6.45, 7) is 0.296. The quantitative estimate of drug-likeness (QED) is 0.0279. The van der Waals surface area contributed by atoms with Crippen LogP contribution in [0.15, 0.2) is 54.6 Å². The molecule has 2 fully saturated rings. The molecular formula is C46H48N2O13. The zero-order chi connectivity index (χ0) is 43.7. The number of hydrogen-bond acceptors (Lipinski definition) is 15. The summed E-state index contributed by atoms with van der Waals surface area (Å²) in [5.41, 5.74) is 12.6. The van der Waals surface area contributed by atoms with Crippen LogP contribution in [-0.4, -0.2) is 91.8 Å². The van der Waals surface area contributed by atoms with Crippen LogP contribution in [0, 0.1) is 5.92 Å². The van der Waals surface area contributed by atoms with Crippen LogP contribution in [0.2, 0.25) is 0 Å². The Morgan fingerprint density at radius 3 is 2.28 bits per heavy atom. The van der Waals surface area contributed by atoms with Gasteiger partial charge in [-0.25, -0.2) is 0 Å². The van der Waals surface area contributed by atoms with Crippen molar-refractivity contribution in [1.29, 1.82) is 0 Å². The summed E-state index contributed by atoms with van der Waals surface area (Å²) < 4.78 is 18.0. The van der Waals surface area contributed by atoms with Gasteiger partial charge in [0.2, 0.25) is 6.29 Å². The van der Waals surface area contributed by atoms with Gasteiger partial charge in [0.05, 0.1) is 24.4 Å². The average molecular weight is 837 g/mol. The molecule has 0 aromatic heterocycles. The topological polar surface area (TPSA) is 269 Å². The molecule has 0 spiro atoms. The SMILES string of the molecule is CC(=O)Oc1cc(CO)c2c(c1/C=C/c1cccc(CCO)c1)C(=O)c1cc(O[C@H]3O[C@@H](C4CCCC4)[C@@H](O)[C@@H](O)[C@H]3O)c(Cc3cccc(C(N)N)c3C=O)c(O)c1C2=O. The Morgan fingerprint density at radius 2 is 1.61 bits per heavy atom. The van der Waals surface area contributed by atoms with E-state index in [0.717, 1.165) is 25.3 Å². The van der Waals surface area contributed by atoms with Crippen molar-refractivity contribution in [3.8, 4) is 17.2 Å². The van der Waals surface area contributed by atoms with Crippen molar-refractivity contribution < 1.29 is 64.0 Å². The first-order valence-electron chi connectivity index (χ1n) is 20.1. The molecule has 10 N–H and O–H groups in total. The number of hydrogen-bond donors (Lipinski definition) is 8. The third kappa shape index (κ3) is 8.39. The molecule has 5 atom stereocenters. The van der Waals surface area contributed by atoms with Crippen LogP contribution >= 0.6 is 0 Å². The number of ketones is 2. The van der Waals surface area contributed by atoms with Crippen molar-refractivity contribution in [3.63, 3.8) is 0 Å². The van der Waals surface area contributed by atoms with E-state index in [2.05, 4.69) is 0 Å². The Morgan fingerprint density at radius 1 is 0.869 bits per heavy atom. The van der Waals surface area contributed by atoms with E-state index in [4.69, 9.17) is 25.7 Å². The van der Waals surface area contributed by atoms with E-state index >= 15 is 0 Å². The van der Waals surface area contributed by atoms with E-state index in [0.29, 0.717) is 36.7 Å². The molecule has 0 radical (unpaired) electrons. The van der Waals surface area contributed by atoms with E-state index in [-0.39, 0.29) is 75.0 Å². The molecule has 1 heterocycles. The Bertz CT molecular complexity index is 2400. The highest BCUT2D eigenvalue weighted by molar-refractivity contribution is 6.31. The van der Waals surface area contributed by atoms with E-state index < -0.39 is 72.3 Å². The Kier molecular flexibility index (Phi) is 12.9. The lowest BCUT2D eigenvalue weighted by Gasteiger charge is -2.42. The minimum absolute atomic E-state index is 0.0121. The fourth-order valence-electron chi connectivity index (χ4n) is 8.73. The standard InChI is InChI=1S/C46H48N2O13/c1-22(52)59-33-18-27(20-50)35-36(29(33)13-12-23-6-4-7-24(16-23)14-15-49)39(54)31-19-34(60-46-43(58)41(56)42(57)44(61-46)25-8-2-3-9-25)30(38(53)37(31)40(35)55)17-26-10-5-11-28(45(47)48)32(26)21-51/h4-7,10-13,16,18-19,21,25,41-46,49-50,53,56-58H,2-3,8-9,14-15,17,20,47-48H2,1H3/b13-12+/t41-,42+,43-,44+,46+/m1/s1. The molecule has 320 valence electrons. The molecule has 3 aliphatic rings. The van der Waals surface area contributed by atoms with Crippen molar-refractivity contribution in [2.45, 2.75) is 88.9 Å². The summed E-state index contributed by atoms with van der Waals surface area (Å²) in [4.78, 5) is 54.6. The minimum atomic E-state index is -1.81. The van der Waals surface area contributed by atoms with Crippen molar-refractivity contribution in [1.82, 2.24) is 0 Å². The van der Waals surface area contributed by atoms with E-state index in [1.807, 2.05) is 6.07 Å². The van der Waals surface area contributed by atoms with Crippen molar-refractivity contribution >= 4 is 36.0 Å². The molecule has 4 aromatic carbocycles. The molecule has 7 rings (SSSR count). The molecule has 4 aromatic rings. The van der Waals surface area contributed by atoms with E-state index in [9.17, 15) is 49.8 Å². The third-order valence-corrected chi connectivity index (χ3v) is 11.7. The van der Waals surface area contributed by atoms with Crippen LogP contribution in [0.3, 0.4) is 0 Å². The number of benzene rings is 4. The van der Waals surface area contributed by atoms with Gasteiger partial charge in [-0.2, -0.15) is 0 Å². The number of carbonyl (C=O) groups excluding carboxylic acids is 4. The lowest BCUT2D eigenvalue weighted by atomic mass is 9.77. The zero-order valence-corrected chi connectivity index (χ0v) is 33.3. The first-order valence-corrected chi connectivity index (χ1v) is 20.1. The monoisotopic (exact) mass is 836 g/mol. The van der Waals surface area contributed by atoms with E-state index in [1.165, 1.54) is 18.2 Å². The van der Waals surface area contributed by atoms with Gasteiger partial charge in [-0.3, -0.25) is 19.2 Å². The number of aldehydes is 1. The fourth-order valence-corrected chi connectivity index (χ4v) is 8.73. The van der Waals surface area contributed by atoms with Gasteiger partial charge in [0, 0.05) is 53.3 Å². The highest BCUT2D eigenvalue weighted by atomic mass is 16.7. The largest absolute Gasteiger partial charge is 0.507 e. The van der Waals surface area contributed by atoms with Crippen molar-refractivity contribution in [3.05, 3.63) is 121 Å². The van der Waals surface area contributed by atoms with Crippen molar-refractivity contribution in [2.24, 2.45) is 17.4 Å². The van der Waals surface area contributed by atoms with Gasteiger partial charge in [-0.1, -0.05) is 61.4 Å². The summed E-state index contributed by atoms with van der Waals surface area (Å²) in [5.74, 6) is -3.74. The van der Waals surface area contributed by atoms with Crippen LogP contribution in [0.1, 0.15) is 120 Å². The average Bonchev–Trinajstić information content (AvgIpc) is 3.78. The number of ether oxygens (including phenoxy) is 3. The van der Waals surface area contributed by atoms with Crippen LogP contribution in [0.25, 0.3) is 12.2 Å². The first-order chi connectivity index (χ1) is 29.3. The van der Waals surface area contributed by atoms with Gasteiger partial charge in [0.25, 0.3) is 0 Å². The number of phenols is 1. The molecule has 2 aliphatic carbocycles. The molecule has 0 amide bonds. The van der Waals surface area contributed by atoms with Gasteiger partial charge in [-0.15, -0.1) is 0 Å². The number of rotatable bonds is 13. The number of aromatic hydroxyl groups is 1. The number of fused-ring (bicyclic) bond motifs is 2. The van der Waals surface area contributed by atoms with Crippen LogP contribution in [0.5, 0.6) is 17.2 Å². The predicted molar refractivity (Wildman–Crippen MR) is 220 cm³/mol. The summed E-state index contributed by atoms with van der Waals surface area (Å²) >= 11 is 0. The number of aliphatic hydroxyl groups is 5. The van der Waals surface area contributed by atoms with Gasteiger partial charge >= 0.3 is 5.97 Å². The molecule has 61 heavy (non-hydrogen) atoms. The van der Waals surface area contributed by atoms with Gasteiger partial charge in [-0.05, 0) is 71.2 Å². The zero-order valence-electron chi connectivity index (χ0n) is 33.3. The maximum Gasteiger partial charge on any atom is 0.308 e. The lowest BCUT2D eigenvalue weighted by molar-refractivity contribution is -0.282. The molecule has 0 unspecified atom stereocenters. The Balaban J connectivity index is 1.42. The van der Waals surface area contributed by atoms with Crippen LogP contribution in [-0.2, 0) is 29.0 Å². The smallest absolute Gasteiger partial charge is 0.308 e.